The van der Waals surface area contributed by atoms with Crippen LogP contribution in [0.15, 0.2) is 42.5 Å². The Bertz CT molecular complexity index is 827. The summed E-state index contributed by atoms with van der Waals surface area (Å²) < 4.78 is 0. The Kier molecular flexibility index (Phi) is 7.96. The maximum atomic E-state index is 13.0. The standard InChI is InChI=1S/C20H21Cl3N2O2/c1-3-24-20(27)13(2)25(12-15-7-8-17(22)11-18(15)23)19(26)10-14-5-4-6-16(21)9-14/h4-9,11,13H,3,10,12H2,1-2H3,(H,24,27)/t13-/m1/s1. The van der Waals surface area contributed by atoms with Crippen LogP contribution in [0.3, 0.4) is 0 Å². The number of nitrogens with one attached hydrogen (secondary N) is 1. The first-order chi connectivity index (χ1) is 12.8. The first-order valence-electron chi connectivity index (χ1n) is 8.57. The lowest BCUT2D eigenvalue weighted by Gasteiger charge is -2.29. The van der Waals surface area contributed by atoms with Gasteiger partial charge in [-0.15, -0.1) is 0 Å². The number of amides is 2. The second-order valence-corrected chi connectivity index (χ2v) is 7.41. The van der Waals surface area contributed by atoms with Gasteiger partial charge in [0.05, 0.1) is 6.42 Å². The fourth-order valence-corrected chi connectivity index (χ4v) is 3.34. The van der Waals surface area contributed by atoms with Gasteiger partial charge in [-0.3, -0.25) is 9.59 Å². The molecule has 0 spiro atoms. The van der Waals surface area contributed by atoms with Gasteiger partial charge >= 0.3 is 0 Å². The van der Waals surface area contributed by atoms with E-state index in [0.717, 1.165) is 11.1 Å². The van der Waals surface area contributed by atoms with E-state index in [9.17, 15) is 9.59 Å². The van der Waals surface area contributed by atoms with Crippen LogP contribution in [0, 0.1) is 0 Å². The molecule has 2 rings (SSSR count). The molecule has 2 aromatic rings. The van der Waals surface area contributed by atoms with Crippen molar-refractivity contribution in [2.75, 3.05) is 6.54 Å². The second kappa shape index (κ2) is 9.98. The predicted molar refractivity (Wildman–Crippen MR) is 110 cm³/mol. The first kappa shape index (κ1) is 21.5. The van der Waals surface area contributed by atoms with Crippen molar-refractivity contribution in [1.29, 1.82) is 0 Å². The summed E-state index contributed by atoms with van der Waals surface area (Å²) in [5.41, 5.74) is 1.50. The topological polar surface area (TPSA) is 49.4 Å². The van der Waals surface area contributed by atoms with Gasteiger partial charge in [0.1, 0.15) is 6.04 Å². The lowest BCUT2D eigenvalue weighted by molar-refractivity contribution is -0.140. The highest BCUT2D eigenvalue weighted by atomic mass is 35.5. The minimum atomic E-state index is -0.650. The number of hydrogen-bond donors (Lipinski definition) is 1. The van der Waals surface area contributed by atoms with Crippen molar-refractivity contribution >= 4 is 46.6 Å². The minimum Gasteiger partial charge on any atom is -0.355 e. The average molecular weight is 428 g/mol. The van der Waals surface area contributed by atoms with Crippen LogP contribution in [0.25, 0.3) is 0 Å². The molecule has 0 unspecified atom stereocenters. The Hall–Kier alpha value is -1.75. The van der Waals surface area contributed by atoms with Gasteiger partial charge in [0.25, 0.3) is 0 Å². The molecule has 0 fully saturated rings. The number of rotatable bonds is 7. The Labute approximate surface area is 174 Å². The zero-order chi connectivity index (χ0) is 20.0. The van der Waals surface area contributed by atoms with Crippen LogP contribution in [-0.2, 0) is 22.6 Å². The molecule has 144 valence electrons. The third kappa shape index (κ3) is 6.13. The average Bonchev–Trinajstić information content (AvgIpc) is 2.60. The largest absolute Gasteiger partial charge is 0.355 e. The molecule has 0 aliphatic heterocycles. The Morgan fingerprint density at radius 2 is 1.78 bits per heavy atom. The molecule has 1 atom stereocenters. The number of carbonyl (C=O) groups is 2. The Morgan fingerprint density at radius 1 is 1.07 bits per heavy atom. The predicted octanol–water partition coefficient (Wildman–Crippen LogP) is 4.74. The summed E-state index contributed by atoms with van der Waals surface area (Å²) >= 11 is 18.2. The molecule has 4 nitrogen and oxygen atoms in total. The summed E-state index contributed by atoms with van der Waals surface area (Å²) in [5.74, 6) is -0.413. The lowest BCUT2D eigenvalue weighted by Crippen LogP contribution is -2.48. The van der Waals surface area contributed by atoms with Gasteiger partial charge in [0.15, 0.2) is 0 Å². The summed E-state index contributed by atoms with van der Waals surface area (Å²) in [6.07, 6.45) is 0.134. The van der Waals surface area contributed by atoms with Crippen LogP contribution in [0.2, 0.25) is 15.1 Å². The SMILES string of the molecule is CCNC(=O)[C@@H](C)N(Cc1ccc(Cl)cc1Cl)C(=O)Cc1cccc(Cl)c1. The molecule has 2 amide bonds. The molecule has 0 saturated carbocycles. The Morgan fingerprint density at radius 3 is 2.41 bits per heavy atom. The Balaban J connectivity index is 2.27. The minimum absolute atomic E-state index is 0.134. The fraction of sp³-hybridized carbons (Fsp3) is 0.300. The molecule has 1 N–H and O–H groups in total. The van der Waals surface area contributed by atoms with E-state index in [-0.39, 0.29) is 24.8 Å². The monoisotopic (exact) mass is 426 g/mol. The number of benzene rings is 2. The molecule has 27 heavy (non-hydrogen) atoms. The third-order valence-electron chi connectivity index (χ3n) is 4.12. The van der Waals surface area contributed by atoms with E-state index < -0.39 is 6.04 Å². The molecule has 0 saturated heterocycles. The quantitative estimate of drug-likeness (QED) is 0.693. The van der Waals surface area contributed by atoms with Crippen molar-refractivity contribution in [3.8, 4) is 0 Å². The summed E-state index contributed by atoms with van der Waals surface area (Å²) in [5, 5.41) is 4.28. The van der Waals surface area contributed by atoms with E-state index in [2.05, 4.69) is 5.32 Å². The highest BCUT2D eigenvalue weighted by molar-refractivity contribution is 6.35. The van der Waals surface area contributed by atoms with Crippen LogP contribution in [0.1, 0.15) is 25.0 Å². The first-order valence-corrected chi connectivity index (χ1v) is 9.70. The van der Waals surface area contributed by atoms with Crippen molar-refractivity contribution < 1.29 is 9.59 Å². The number of halogens is 3. The van der Waals surface area contributed by atoms with Crippen LogP contribution < -0.4 is 5.32 Å². The fourth-order valence-electron chi connectivity index (χ4n) is 2.66. The van der Waals surface area contributed by atoms with E-state index in [1.807, 2.05) is 13.0 Å². The number of nitrogens with zero attached hydrogens (tertiary/aromatic N) is 1. The van der Waals surface area contributed by atoms with Gasteiger partial charge in [-0.05, 0) is 49.2 Å². The normalized spacial score (nSPS) is 11.7. The molecule has 0 bridgehead atoms. The molecule has 0 radical (unpaired) electrons. The number of likely N-dealkylation sites (N-methyl/N-ethyl adjacent to an activating group) is 1. The van der Waals surface area contributed by atoms with Gasteiger partial charge in [-0.25, -0.2) is 0 Å². The van der Waals surface area contributed by atoms with Gasteiger partial charge < -0.3 is 10.2 Å². The van der Waals surface area contributed by atoms with E-state index in [4.69, 9.17) is 34.8 Å². The summed E-state index contributed by atoms with van der Waals surface area (Å²) in [6, 6.07) is 11.5. The van der Waals surface area contributed by atoms with Crippen LogP contribution in [-0.4, -0.2) is 29.3 Å². The van der Waals surface area contributed by atoms with Crippen molar-refractivity contribution in [3.63, 3.8) is 0 Å². The molecule has 0 heterocycles. The molecule has 0 aliphatic carbocycles. The third-order valence-corrected chi connectivity index (χ3v) is 4.94. The van der Waals surface area contributed by atoms with Gasteiger partial charge in [-0.2, -0.15) is 0 Å². The summed E-state index contributed by atoms with van der Waals surface area (Å²) in [7, 11) is 0. The van der Waals surface area contributed by atoms with E-state index >= 15 is 0 Å². The summed E-state index contributed by atoms with van der Waals surface area (Å²) in [6.45, 7) is 4.22. The molecule has 2 aromatic carbocycles. The van der Waals surface area contributed by atoms with E-state index in [0.29, 0.717) is 21.6 Å². The zero-order valence-electron chi connectivity index (χ0n) is 15.1. The smallest absolute Gasteiger partial charge is 0.242 e. The van der Waals surface area contributed by atoms with E-state index in [1.165, 1.54) is 4.90 Å². The van der Waals surface area contributed by atoms with Crippen molar-refractivity contribution in [1.82, 2.24) is 10.2 Å². The number of hydrogen-bond acceptors (Lipinski definition) is 2. The maximum absolute atomic E-state index is 13.0. The second-order valence-electron chi connectivity index (χ2n) is 6.13. The van der Waals surface area contributed by atoms with Crippen LogP contribution >= 0.6 is 34.8 Å². The van der Waals surface area contributed by atoms with E-state index in [1.54, 1.807) is 43.3 Å². The molecule has 0 aromatic heterocycles. The highest BCUT2D eigenvalue weighted by Gasteiger charge is 2.26. The zero-order valence-corrected chi connectivity index (χ0v) is 17.4. The molecular formula is C20H21Cl3N2O2. The van der Waals surface area contributed by atoms with Crippen molar-refractivity contribution in [3.05, 3.63) is 68.7 Å². The van der Waals surface area contributed by atoms with Crippen molar-refractivity contribution in [2.24, 2.45) is 0 Å². The van der Waals surface area contributed by atoms with Gasteiger partial charge in [0.2, 0.25) is 11.8 Å². The highest BCUT2D eigenvalue weighted by Crippen LogP contribution is 2.23. The summed E-state index contributed by atoms with van der Waals surface area (Å²) in [4.78, 5) is 26.8. The van der Waals surface area contributed by atoms with Crippen LogP contribution in [0.4, 0.5) is 0 Å². The van der Waals surface area contributed by atoms with Crippen LogP contribution in [0.5, 0.6) is 0 Å². The molecule has 7 heteroatoms. The van der Waals surface area contributed by atoms with Gasteiger partial charge in [-0.1, -0.05) is 53.0 Å². The van der Waals surface area contributed by atoms with Gasteiger partial charge in [0, 0.05) is 28.2 Å². The maximum Gasteiger partial charge on any atom is 0.242 e. The molecule has 0 aliphatic rings. The van der Waals surface area contributed by atoms with Crippen molar-refractivity contribution in [2.45, 2.75) is 32.9 Å². The lowest BCUT2D eigenvalue weighted by atomic mass is 10.1. The molecular weight excluding hydrogens is 407 g/mol. The number of carbonyl (C=O) groups excluding carboxylic acids is 2.